The van der Waals surface area contributed by atoms with Crippen LogP contribution in [0, 0.1) is 11.2 Å². The highest BCUT2D eigenvalue weighted by molar-refractivity contribution is 9.10. The molecule has 10 heteroatoms. The summed E-state index contributed by atoms with van der Waals surface area (Å²) in [6, 6.07) is 2.82. The molecule has 1 aromatic heterocycles. The molecule has 1 aromatic rings. The van der Waals surface area contributed by atoms with E-state index in [1.54, 1.807) is 20.8 Å². The molecule has 3 heterocycles. The monoisotopic (exact) mass is 474 g/mol. The number of amides is 1. The van der Waals surface area contributed by atoms with Gasteiger partial charge in [0, 0.05) is 6.54 Å². The fourth-order valence-electron chi connectivity index (χ4n) is 4.42. The second-order valence-electron chi connectivity index (χ2n) is 8.65. The first kappa shape index (κ1) is 20.1. The van der Waals surface area contributed by atoms with E-state index in [0.29, 0.717) is 17.6 Å². The molecular weight excluding hydrogens is 451 g/mol. The number of fused-ring (bicyclic) bond motifs is 1. The highest BCUT2D eigenvalue weighted by Crippen LogP contribution is 2.71. The van der Waals surface area contributed by atoms with Crippen molar-refractivity contribution in [2.75, 3.05) is 6.54 Å². The van der Waals surface area contributed by atoms with Gasteiger partial charge in [0.05, 0.1) is 10.00 Å². The van der Waals surface area contributed by atoms with Crippen LogP contribution in [0.2, 0.25) is 0 Å². The van der Waals surface area contributed by atoms with Gasteiger partial charge in [-0.15, -0.1) is 0 Å². The molecule has 2 fully saturated rings. The van der Waals surface area contributed by atoms with Crippen LogP contribution in [-0.4, -0.2) is 43.1 Å². The number of nitrogens with one attached hydrogen (secondary N) is 2. The van der Waals surface area contributed by atoms with Crippen molar-refractivity contribution in [1.82, 2.24) is 15.0 Å². The zero-order chi connectivity index (χ0) is 20.5. The third-order valence-corrected chi connectivity index (χ3v) is 10.7. The van der Waals surface area contributed by atoms with Crippen molar-refractivity contribution in [3.63, 3.8) is 0 Å². The van der Waals surface area contributed by atoms with Gasteiger partial charge < -0.3 is 9.66 Å². The minimum absolute atomic E-state index is 0.0942. The Labute approximate surface area is 173 Å². The van der Waals surface area contributed by atoms with Gasteiger partial charge in [-0.3, -0.25) is 15.0 Å². The number of hydrogen-bond donors (Lipinski definition) is 4. The third kappa shape index (κ3) is 2.79. The van der Waals surface area contributed by atoms with E-state index in [1.165, 1.54) is 12.1 Å². The zero-order valence-electron chi connectivity index (χ0n) is 15.9. The quantitative estimate of drug-likeness (QED) is 0.460. The number of aliphatic imine (C=N–C) groups is 1. The number of nitrogens with zero attached hydrogens (tertiary/aromatic N) is 2. The number of amidine groups is 1. The van der Waals surface area contributed by atoms with Crippen LogP contribution in [0.25, 0.3) is 0 Å². The molecule has 154 valence electrons. The van der Waals surface area contributed by atoms with Crippen LogP contribution in [0.15, 0.2) is 21.7 Å². The molecule has 1 saturated heterocycles. The van der Waals surface area contributed by atoms with E-state index in [-0.39, 0.29) is 16.9 Å². The number of hydrogen-bond acceptors (Lipinski definition) is 5. The minimum atomic E-state index is -2.60. The summed E-state index contributed by atoms with van der Waals surface area (Å²) in [5.41, 5.74) is -1.01. The average molecular weight is 475 g/mol. The number of carbonyl (C=O) groups is 1. The number of pyridine rings is 1. The summed E-state index contributed by atoms with van der Waals surface area (Å²) >= 11 is 3.29. The molecule has 1 unspecified atom stereocenters. The maximum absolute atomic E-state index is 14.9. The molecule has 7 nitrogen and oxygen atoms in total. The van der Waals surface area contributed by atoms with E-state index in [9.17, 15) is 18.8 Å². The molecule has 28 heavy (non-hydrogen) atoms. The fourth-order valence-corrected chi connectivity index (χ4v) is 8.34. The lowest BCUT2D eigenvalue weighted by Gasteiger charge is -2.62. The van der Waals surface area contributed by atoms with Crippen molar-refractivity contribution in [3.8, 4) is 0 Å². The number of rotatable bonds is 1. The van der Waals surface area contributed by atoms with E-state index in [1.807, 2.05) is 0 Å². The molecule has 0 aromatic carbocycles. The first-order valence-electron chi connectivity index (χ1n) is 9.15. The van der Waals surface area contributed by atoms with E-state index in [4.69, 9.17) is 4.99 Å². The Morgan fingerprint density at radius 2 is 2.07 bits per heavy atom. The molecule has 0 radical (unpaired) electrons. The van der Waals surface area contributed by atoms with Crippen molar-refractivity contribution in [1.29, 1.82) is 0 Å². The molecule has 1 aliphatic carbocycles. The van der Waals surface area contributed by atoms with E-state index in [0.717, 1.165) is 12.8 Å². The lowest BCUT2D eigenvalue weighted by Crippen LogP contribution is -2.65. The molecule has 3 atom stereocenters. The highest BCUT2D eigenvalue weighted by Gasteiger charge is 2.65. The van der Waals surface area contributed by atoms with Crippen molar-refractivity contribution >= 4 is 38.4 Å². The van der Waals surface area contributed by atoms with Crippen molar-refractivity contribution in [2.45, 2.75) is 55.6 Å². The molecular formula is C18H24BrFN4O3S. The summed E-state index contributed by atoms with van der Waals surface area (Å²) in [6.07, 6.45) is 1.54. The normalized spacial score (nSPS) is 37.4. The average Bonchev–Trinajstić information content (AvgIpc) is 3.36. The summed E-state index contributed by atoms with van der Waals surface area (Å²) in [7, 11) is -2.60. The van der Waals surface area contributed by atoms with Crippen molar-refractivity contribution in [3.05, 3.63) is 28.2 Å². The fraction of sp³-hybridized carbons (Fsp3) is 0.611. The summed E-state index contributed by atoms with van der Waals surface area (Å²) in [5, 5.41) is 11.3. The Hall–Kier alpha value is -1.23. The number of halogens is 2. The standard InChI is InChI=1S/C18H24BrFN4O3S/c1-16(2)14(23-15(25)26)24-17(3,13-10(20)4-5-12(19)22-13)11-8-18(6-7-18)9-21-28(11,16)27/h4-5,11,21,27H,6-9H2,1-3H3,(H,23,24)(H,25,26)/t11-,17-/m0/s1. The first-order valence-corrected chi connectivity index (χ1v) is 11.6. The molecule has 2 aliphatic heterocycles. The summed E-state index contributed by atoms with van der Waals surface area (Å²) in [5.74, 6) is -0.405. The van der Waals surface area contributed by atoms with Gasteiger partial charge in [0.1, 0.15) is 27.5 Å². The van der Waals surface area contributed by atoms with Crippen LogP contribution < -0.4 is 10.0 Å². The van der Waals surface area contributed by atoms with Crippen LogP contribution in [0.4, 0.5) is 9.18 Å². The van der Waals surface area contributed by atoms with E-state index < -0.39 is 37.9 Å². The predicted molar refractivity (Wildman–Crippen MR) is 110 cm³/mol. The van der Waals surface area contributed by atoms with Crippen molar-refractivity contribution in [2.24, 2.45) is 10.4 Å². The topological polar surface area (TPSA) is 107 Å². The molecule has 4 rings (SSSR count). The number of carboxylic acid groups (broad SMARTS) is 1. The van der Waals surface area contributed by atoms with Gasteiger partial charge in [-0.25, -0.2) is 14.2 Å². The van der Waals surface area contributed by atoms with Crippen molar-refractivity contribution < 1.29 is 18.8 Å². The maximum atomic E-state index is 14.9. The lowest BCUT2D eigenvalue weighted by molar-refractivity contribution is 0.199. The maximum Gasteiger partial charge on any atom is 0.410 e. The second-order valence-corrected chi connectivity index (χ2v) is 12.6. The Bertz CT molecular complexity index is 894. The number of aromatic nitrogens is 1. The Morgan fingerprint density at radius 3 is 2.68 bits per heavy atom. The van der Waals surface area contributed by atoms with Gasteiger partial charge in [0.2, 0.25) is 0 Å². The van der Waals surface area contributed by atoms with Gasteiger partial charge in [0.15, 0.2) is 0 Å². The lowest BCUT2D eigenvalue weighted by atomic mass is 9.84. The predicted octanol–water partition coefficient (Wildman–Crippen LogP) is 3.99. The third-order valence-electron chi connectivity index (χ3n) is 6.49. The molecule has 3 aliphatic rings. The van der Waals surface area contributed by atoms with Crippen LogP contribution in [0.5, 0.6) is 0 Å². The Kier molecular flexibility index (Phi) is 4.39. The first-order chi connectivity index (χ1) is 12.9. The summed E-state index contributed by atoms with van der Waals surface area (Å²) in [6.45, 7) is 5.98. The van der Waals surface area contributed by atoms with Gasteiger partial charge in [-0.1, -0.05) is 10.5 Å². The van der Waals surface area contributed by atoms with Crippen LogP contribution in [0.3, 0.4) is 0 Å². The van der Waals surface area contributed by atoms with E-state index in [2.05, 4.69) is 31.0 Å². The van der Waals surface area contributed by atoms with Crippen LogP contribution in [-0.2, 0) is 5.54 Å². The van der Waals surface area contributed by atoms with Gasteiger partial charge in [0.25, 0.3) is 0 Å². The Balaban J connectivity index is 1.95. The van der Waals surface area contributed by atoms with Gasteiger partial charge >= 0.3 is 6.09 Å². The second kappa shape index (κ2) is 6.13. The minimum Gasteiger partial charge on any atom is -0.465 e. The van der Waals surface area contributed by atoms with Crippen LogP contribution >= 0.6 is 26.4 Å². The molecule has 1 spiro atoms. The molecule has 1 amide bonds. The molecule has 4 N–H and O–H groups in total. The zero-order valence-corrected chi connectivity index (χ0v) is 18.3. The smallest absolute Gasteiger partial charge is 0.410 e. The van der Waals surface area contributed by atoms with E-state index >= 15 is 0 Å². The van der Waals surface area contributed by atoms with Gasteiger partial charge in [-0.2, -0.15) is 0 Å². The Morgan fingerprint density at radius 1 is 1.39 bits per heavy atom. The molecule has 1 saturated carbocycles. The van der Waals surface area contributed by atoms with Crippen LogP contribution in [0.1, 0.15) is 45.7 Å². The van der Waals surface area contributed by atoms with Gasteiger partial charge in [-0.05, 0) is 73.5 Å². The molecule has 0 bridgehead atoms. The largest absolute Gasteiger partial charge is 0.465 e. The summed E-state index contributed by atoms with van der Waals surface area (Å²) in [4.78, 5) is 20.5. The highest BCUT2D eigenvalue weighted by atomic mass is 79.9. The SMILES string of the molecule is CC1(C)C(NC(=O)O)=N[C@](C)(c2nc(Br)ccc2F)[C@@H]2CC3(CC3)CNS21O. The summed E-state index contributed by atoms with van der Waals surface area (Å²) < 4.78 is 29.7.